The highest BCUT2D eigenvalue weighted by Crippen LogP contribution is 2.48. The van der Waals surface area contributed by atoms with E-state index < -0.39 is 29.0 Å². The Morgan fingerprint density at radius 3 is 2.66 bits per heavy atom. The Morgan fingerprint density at radius 2 is 2.10 bits per heavy atom. The fourth-order valence-corrected chi connectivity index (χ4v) is 3.75. The summed E-state index contributed by atoms with van der Waals surface area (Å²) in [5, 5.41) is 21.9. The molecule has 1 N–H and O–H groups in total. The highest BCUT2D eigenvalue weighted by atomic mass is 16.7. The lowest BCUT2D eigenvalue weighted by Crippen LogP contribution is -2.54. The second-order valence-corrected chi connectivity index (χ2v) is 8.23. The first-order chi connectivity index (χ1) is 13.5. The molecular formula is C20H30N2O7. The minimum Gasteiger partial charge on any atom is -0.619 e. The molecule has 162 valence electrons. The van der Waals surface area contributed by atoms with Crippen molar-refractivity contribution in [1.82, 2.24) is 4.90 Å². The average Bonchev–Trinajstić information content (AvgIpc) is 2.64. The molecule has 1 saturated heterocycles. The fraction of sp³-hybridized carbons (Fsp3) is 0.650. The Labute approximate surface area is 170 Å². The molecule has 1 aromatic heterocycles. The van der Waals surface area contributed by atoms with Crippen LogP contribution < -0.4 is 9.47 Å². The number of nitrogens with zero attached hydrogens (tertiary/aromatic N) is 2. The van der Waals surface area contributed by atoms with Gasteiger partial charge >= 0.3 is 12.1 Å². The maximum Gasteiger partial charge on any atom is 0.410 e. The van der Waals surface area contributed by atoms with Gasteiger partial charge in [0.15, 0.2) is 18.7 Å². The van der Waals surface area contributed by atoms with E-state index in [1.165, 1.54) is 24.4 Å². The predicted octanol–water partition coefficient (Wildman–Crippen LogP) is 2.51. The van der Waals surface area contributed by atoms with Crippen molar-refractivity contribution in [3.8, 4) is 5.75 Å². The molecule has 29 heavy (non-hydrogen) atoms. The van der Waals surface area contributed by atoms with Gasteiger partial charge in [-0.25, -0.2) is 4.79 Å². The van der Waals surface area contributed by atoms with Gasteiger partial charge in [-0.3, -0.25) is 4.79 Å². The maximum atomic E-state index is 12.6. The number of aromatic nitrogens is 1. The SMILES string of the molecule is CC[C@]1(C(=O)O)CN(C(=O)OC(C)(C)C)CC[C@@H]1c1cc[n+]([O-])cc1OCOC. The monoisotopic (exact) mass is 410 g/mol. The van der Waals surface area contributed by atoms with Crippen molar-refractivity contribution in [3.63, 3.8) is 0 Å². The second kappa shape index (κ2) is 8.86. The summed E-state index contributed by atoms with van der Waals surface area (Å²) in [7, 11) is 1.46. The number of likely N-dealkylation sites (tertiary alicyclic amines) is 1. The number of rotatable bonds is 6. The highest BCUT2D eigenvalue weighted by molar-refractivity contribution is 5.79. The molecule has 1 aromatic rings. The van der Waals surface area contributed by atoms with E-state index in [1.807, 2.05) is 0 Å². The van der Waals surface area contributed by atoms with E-state index in [2.05, 4.69) is 0 Å². The number of aliphatic carboxylic acids is 1. The molecular weight excluding hydrogens is 380 g/mol. The summed E-state index contributed by atoms with van der Waals surface area (Å²) in [6.07, 6.45) is 2.73. The zero-order chi connectivity index (χ0) is 21.8. The Hall–Kier alpha value is -2.55. The first-order valence-electron chi connectivity index (χ1n) is 9.60. The molecule has 2 heterocycles. The van der Waals surface area contributed by atoms with E-state index in [1.54, 1.807) is 33.8 Å². The number of ether oxygens (including phenoxy) is 3. The van der Waals surface area contributed by atoms with Gasteiger partial charge in [0.1, 0.15) is 5.60 Å². The molecule has 0 unspecified atom stereocenters. The molecule has 0 aromatic carbocycles. The van der Waals surface area contributed by atoms with Crippen LogP contribution >= 0.6 is 0 Å². The number of carboxylic acids is 1. The molecule has 0 bridgehead atoms. The van der Waals surface area contributed by atoms with Crippen LogP contribution in [0.2, 0.25) is 0 Å². The molecule has 0 radical (unpaired) electrons. The summed E-state index contributed by atoms with van der Waals surface area (Å²) in [5.41, 5.74) is -1.30. The molecule has 0 aliphatic carbocycles. The van der Waals surface area contributed by atoms with Gasteiger partial charge in [-0.1, -0.05) is 6.92 Å². The molecule has 2 atom stereocenters. The predicted molar refractivity (Wildman–Crippen MR) is 103 cm³/mol. The Morgan fingerprint density at radius 1 is 1.41 bits per heavy atom. The van der Waals surface area contributed by atoms with Crippen LogP contribution in [0.3, 0.4) is 0 Å². The van der Waals surface area contributed by atoms with Gasteiger partial charge in [-0.05, 0) is 33.6 Å². The summed E-state index contributed by atoms with van der Waals surface area (Å²) in [6, 6.07) is 1.58. The molecule has 1 aliphatic rings. The lowest BCUT2D eigenvalue weighted by molar-refractivity contribution is -0.606. The number of carbonyl (C=O) groups excluding carboxylic acids is 1. The number of piperidine rings is 1. The van der Waals surface area contributed by atoms with Crippen molar-refractivity contribution >= 4 is 12.1 Å². The van der Waals surface area contributed by atoms with Gasteiger partial charge in [0.05, 0.1) is 5.41 Å². The van der Waals surface area contributed by atoms with Gasteiger partial charge in [0.2, 0.25) is 6.20 Å². The van der Waals surface area contributed by atoms with E-state index in [0.717, 1.165) is 0 Å². The zero-order valence-corrected chi connectivity index (χ0v) is 17.6. The van der Waals surface area contributed by atoms with Crippen molar-refractivity contribution in [2.24, 2.45) is 5.41 Å². The van der Waals surface area contributed by atoms with Gasteiger partial charge in [-0.15, -0.1) is 0 Å². The van der Waals surface area contributed by atoms with Crippen LogP contribution in [0.25, 0.3) is 0 Å². The Kier molecular flexibility index (Phi) is 6.94. The second-order valence-electron chi connectivity index (χ2n) is 8.23. The number of amides is 1. The van der Waals surface area contributed by atoms with Crippen LogP contribution in [0.5, 0.6) is 5.75 Å². The van der Waals surface area contributed by atoms with Gasteiger partial charge in [-0.2, -0.15) is 4.73 Å². The van der Waals surface area contributed by atoms with Crippen LogP contribution in [-0.4, -0.2) is 54.7 Å². The van der Waals surface area contributed by atoms with Crippen molar-refractivity contribution in [2.75, 3.05) is 27.0 Å². The normalized spacial score (nSPS) is 22.2. The quantitative estimate of drug-likeness (QED) is 0.436. The standard InChI is InChI=1S/C20H30N2O7/c1-6-20(17(23)24)12-21(18(25)29-19(2,3)4)9-8-15(20)14-7-10-22(26)11-16(14)28-13-27-5/h7,10-11,15H,6,8-9,12-13H2,1-5H3,(H,23,24)/t15-,20+/m1/s1. The summed E-state index contributed by atoms with van der Waals surface area (Å²) in [5.74, 6) is -1.18. The minimum atomic E-state index is -1.24. The third-order valence-corrected chi connectivity index (χ3v) is 5.17. The van der Waals surface area contributed by atoms with Crippen molar-refractivity contribution in [3.05, 3.63) is 29.2 Å². The third kappa shape index (κ3) is 5.09. The number of carbonyl (C=O) groups is 2. The summed E-state index contributed by atoms with van der Waals surface area (Å²) < 4.78 is 16.5. The maximum absolute atomic E-state index is 12.6. The topological polar surface area (TPSA) is 112 Å². The van der Waals surface area contributed by atoms with E-state index in [9.17, 15) is 19.9 Å². The highest BCUT2D eigenvalue weighted by Gasteiger charge is 2.51. The summed E-state index contributed by atoms with van der Waals surface area (Å²) in [6.45, 7) is 7.36. The Balaban J connectivity index is 2.41. The first kappa shape index (κ1) is 22.7. The van der Waals surface area contributed by atoms with Crippen molar-refractivity contribution in [2.45, 2.75) is 52.1 Å². The molecule has 0 spiro atoms. The Bertz CT molecular complexity index is 747. The lowest BCUT2D eigenvalue weighted by atomic mass is 9.66. The first-order valence-corrected chi connectivity index (χ1v) is 9.60. The largest absolute Gasteiger partial charge is 0.619 e. The summed E-state index contributed by atoms with van der Waals surface area (Å²) >= 11 is 0. The van der Waals surface area contributed by atoms with Gasteiger partial charge in [0.25, 0.3) is 0 Å². The molecule has 9 nitrogen and oxygen atoms in total. The van der Waals surface area contributed by atoms with Gasteiger partial charge < -0.3 is 29.4 Å². The minimum absolute atomic E-state index is 0.00833. The average molecular weight is 410 g/mol. The van der Waals surface area contributed by atoms with E-state index in [-0.39, 0.29) is 19.1 Å². The molecule has 1 fully saturated rings. The lowest BCUT2D eigenvalue weighted by Gasteiger charge is -2.45. The molecule has 9 heteroatoms. The molecule has 2 rings (SSSR count). The van der Waals surface area contributed by atoms with Crippen LogP contribution in [0.15, 0.2) is 18.5 Å². The van der Waals surface area contributed by atoms with Crippen LogP contribution in [0, 0.1) is 10.6 Å². The number of hydrogen-bond donors (Lipinski definition) is 1. The van der Waals surface area contributed by atoms with E-state index >= 15 is 0 Å². The van der Waals surface area contributed by atoms with Crippen molar-refractivity contribution in [1.29, 1.82) is 0 Å². The molecule has 1 amide bonds. The van der Waals surface area contributed by atoms with Crippen molar-refractivity contribution < 1.29 is 33.6 Å². The number of hydrogen-bond acceptors (Lipinski definition) is 6. The summed E-state index contributed by atoms with van der Waals surface area (Å²) in [4.78, 5) is 26.4. The van der Waals surface area contributed by atoms with Gasteiger partial charge in [0, 0.05) is 37.7 Å². The third-order valence-electron chi connectivity index (χ3n) is 5.17. The number of pyridine rings is 1. The van der Waals surface area contributed by atoms with Crippen LogP contribution in [-0.2, 0) is 14.3 Å². The number of carboxylic acid groups (broad SMARTS) is 1. The van der Waals surface area contributed by atoms with E-state index in [0.29, 0.717) is 29.7 Å². The molecule has 1 aliphatic heterocycles. The van der Waals surface area contributed by atoms with Crippen LogP contribution in [0.1, 0.15) is 52.0 Å². The van der Waals surface area contributed by atoms with E-state index in [4.69, 9.17) is 14.2 Å². The zero-order valence-electron chi connectivity index (χ0n) is 17.6. The van der Waals surface area contributed by atoms with Crippen LogP contribution in [0.4, 0.5) is 4.79 Å². The number of methoxy groups -OCH3 is 1. The fourth-order valence-electron chi connectivity index (χ4n) is 3.75. The molecule has 0 saturated carbocycles. The smallest absolute Gasteiger partial charge is 0.410 e.